The monoisotopic (exact) mass is 473 g/mol. The van der Waals surface area contributed by atoms with E-state index in [1.807, 2.05) is 48.5 Å². The third-order valence-corrected chi connectivity index (χ3v) is 7.12. The van der Waals surface area contributed by atoms with Gasteiger partial charge in [-0.3, -0.25) is 24.4 Å². The van der Waals surface area contributed by atoms with Crippen LogP contribution in [0.5, 0.6) is 0 Å². The molecule has 0 unspecified atom stereocenters. The molecule has 0 aliphatic carbocycles. The van der Waals surface area contributed by atoms with Crippen LogP contribution < -0.4 is 5.56 Å². The Hall–Kier alpha value is -3.52. The fourth-order valence-corrected chi connectivity index (χ4v) is 5.31. The highest BCUT2D eigenvalue weighted by Crippen LogP contribution is 2.38. The number of urea groups is 1. The van der Waals surface area contributed by atoms with Gasteiger partial charge in [0.2, 0.25) is 0 Å². The third-order valence-electron chi connectivity index (χ3n) is 7.12. The SMILES string of the molecule is CC(C)CN1C(=O)N(Cc2ccccn2)C(=O)C12CCN(Cc1cc3ccccc3[nH]c1=O)CC2. The molecule has 1 N–H and O–H groups in total. The molecule has 8 heteroatoms. The summed E-state index contributed by atoms with van der Waals surface area (Å²) in [5, 5.41) is 1.00. The lowest BCUT2D eigenvalue weighted by Crippen LogP contribution is -2.57. The minimum atomic E-state index is -0.831. The number of piperidine rings is 1. The van der Waals surface area contributed by atoms with Gasteiger partial charge < -0.3 is 9.88 Å². The number of carbonyl (C=O) groups is 2. The van der Waals surface area contributed by atoms with Gasteiger partial charge in [-0.25, -0.2) is 4.79 Å². The highest BCUT2D eigenvalue weighted by atomic mass is 16.2. The number of fused-ring (bicyclic) bond motifs is 1. The van der Waals surface area contributed by atoms with Crippen LogP contribution in [0.3, 0.4) is 0 Å². The molecule has 0 saturated carbocycles. The number of aromatic nitrogens is 2. The number of H-pyrrole nitrogens is 1. The van der Waals surface area contributed by atoms with E-state index in [1.54, 1.807) is 11.1 Å². The van der Waals surface area contributed by atoms with Crippen molar-refractivity contribution in [1.82, 2.24) is 24.7 Å². The van der Waals surface area contributed by atoms with Crippen LogP contribution in [0.25, 0.3) is 10.9 Å². The Morgan fingerprint density at radius 1 is 1.00 bits per heavy atom. The fraction of sp³-hybridized carbons (Fsp3) is 0.407. The van der Waals surface area contributed by atoms with Gasteiger partial charge in [0.25, 0.3) is 11.5 Å². The molecule has 1 spiro atoms. The van der Waals surface area contributed by atoms with Gasteiger partial charge in [0.05, 0.1) is 12.2 Å². The Labute approximate surface area is 204 Å². The average Bonchev–Trinajstić information content (AvgIpc) is 3.03. The van der Waals surface area contributed by atoms with E-state index in [9.17, 15) is 14.4 Å². The minimum absolute atomic E-state index is 0.0842. The van der Waals surface area contributed by atoms with E-state index in [1.165, 1.54) is 4.90 Å². The highest BCUT2D eigenvalue weighted by Gasteiger charge is 2.57. The number of likely N-dealkylation sites (tertiary alicyclic amines) is 1. The number of carbonyl (C=O) groups excluding carboxylic acids is 2. The second kappa shape index (κ2) is 9.26. The number of aromatic amines is 1. The Morgan fingerprint density at radius 2 is 1.74 bits per heavy atom. The Kier molecular flexibility index (Phi) is 6.15. The second-order valence-electron chi connectivity index (χ2n) is 10.0. The number of imide groups is 1. The van der Waals surface area contributed by atoms with Gasteiger partial charge in [0, 0.05) is 43.5 Å². The van der Waals surface area contributed by atoms with E-state index in [2.05, 4.69) is 28.7 Å². The molecule has 8 nitrogen and oxygen atoms in total. The molecule has 3 amide bonds. The number of para-hydroxylation sites is 1. The lowest BCUT2D eigenvalue weighted by atomic mass is 9.85. The molecular weight excluding hydrogens is 442 g/mol. The summed E-state index contributed by atoms with van der Waals surface area (Å²) < 4.78 is 0. The van der Waals surface area contributed by atoms with Gasteiger partial charge in [-0.2, -0.15) is 0 Å². The molecule has 2 fully saturated rings. The summed E-state index contributed by atoms with van der Waals surface area (Å²) in [6.07, 6.45) is 2.78. The normalized spacial score (nSPS) is 18.4. The number of hydrogen-bond donors (Lipinski definition) is 1. The number of amides is 3. The zero-order valence-electron chi connectivity index (χ0n) is 20.2. The summed E-state index contributed by atoms with van der Waals surface area (Å²) in [6.45, 7) is 6.63. The summed E-state index contributed by atoms with van der Waals surface area (Å²) in [7, 11) is 0. The maximum absolute atomic E-state index is 13.7. The number of nitrogens with one attached hydrogen (secondary N) is 1. The summed E-state index contributed by atoms with van der Waals surface area (Å²) in [5.41, 5.74) is 1.32. The number of hydrogen-bond acceptors (Lipinski definition) is 5. The van der Waals surface area contributed by atoms with Crippen molar-refractivity contribution in [2.24, 2.45) is 5.92 Å². The quantitative estimate of drug-likeness (QED) is 0.555. The first-order valence-corrected chi connectivity index (χ1v) is 12.2. The fourth-order valence-electron chi connectivity index (χ4n) is 5.31. The van der Waals surface area contributed by atoms with Crippen LogP contribution in [-0.4, -0.2) is 61.8 Å². The topological polar surface area (TPSA) is 89.6 Å². The van der Waals surface area contributed by atoms with Crippen molar-refractivity contribution >= 4 is 22.8 Å². The minimum Gasteiger partial charge on any atom is -0.322 e. The van der Waals surface area contributed by atoms with Crippen molar-refractivity contribution in [3.8, 4) is 0 Å². The number of nitrogens with zero attached hydrogens (tertiary/aromatic N) is 4. The molecule has 2 aliphatic heterocycles. The van der Waals surface area contributed by atoms with E-state index in [0.717, 1.165) is 10.9 Å². The van der Waals surface area contributed by atoms with Crippen molar-refractivity contribution in [2.75, 3.05) is 19.6 Å². The molecule has 2 aliphatic rings. The number of benzene rings is 1. The number of rotatable bonds is 6. The molecule has 4 heterocycles. The standard InChI is InChI=1S/C27H31N5O3/c1-19(2)16-32-26(35)31(18-22-8-5-6-12-28-22)25(34)27(32)10-13-30(14-11-27)17-21-15-20-7-3-4-9-23(20)29-24(21)33/h3-9,12,15,19H,10-11,13-14,16-18H2,1-2H3,(H,29,33). The molecule has 0 bridgehead atoms. The van der Waals surface area contributed by atoms with Crippen molar-refractivity contribution in [1.29, 1.82) is 0 Å². The molecular formula is C27H31N5O3. The van der Waals surface area contributed by atoms with Gasteiger partial charge in [-0.05, 0) is 48.4 Å². The first-order chi connectivity index (χ1) is 16.9. The van der Waals surface area contributed by atoms with E-state index >= 15 is 0 Å². The summed E-state index contributed by atoms with van der Waals surface area (Å²) in [6, 6.07) is 15.0. The molecule has 35 heavy (non-hydrogen) atoms. The molecule has 2 saturated heterocycles. The molecule has 1 aromatic carbocycles. The summed E-state index contributed by atoms with van der Waals surface area (Å²) >= 11 is 0. The lowest BCUT2D eigenvalue weighted by Gasteiger charge is -2.42. The zero-order valence-corrected chi connectivity index (χ0v) is 20.2. The van der Waals surface area contributed by atoms with Gasteiger partial charge in [0.1, 0.15) is 5.54 Å². The Morgan fingerprint density at radius 3 is 2.46 bits per heavy atom. The van der Waals surface area contributed by atoms with Crippen LogP contribution in [0.4, 0.5) is 4.79 Å². The molecule has 3 aromatic rings. The van der Waals surface area contributed by atoms with Gasteiger partial charge in [0.15, 0.2) is 0 Å². The van der Waals surface area contributed by atoms with Crippen molar-refractivity contribution in [2.45, 2.75) is 45.3 Å². The molecule has 0 radical (unpaired) electrons. The average molecular weight is 474 g/mol. The predicted octanol–water partition coefficient (Wildman–Crippen LogP) is 3.38. The zero-order chi connectivity index (χ0) is 24.6. The van der Waals surface area contributed by atoms with Crippen molar-refractivity contribution < 1.29 is 9.59 Å². The maximum atomic E-state index is 13.7. The van der Waals surface area contributed by atoms with Gasteiger partial charge in [-0.15, -0.1) is 0 Å². The second-order valence-corrected chi connectivity index (χ2v) is 10.0. The van der Waals surface area contributed by atoms with Crippen LogP contribution in [0.1, 0.15) is 37.9 Å². The maximum Gasteiger partial charge on any atom is 0.328 e. The van der Waals surface area contributed by atoms with Crippen LogP contribution in [-0.2, 0) is 17.9 Å². The first-order valence-electron chi connectivity index (χ1n) is 12.2. The Bertz CT molecular complexity index is 1290. The lowest BCUT2D eigenvalue weighted by molar-refractivity contribution is -0.136. The van der Waals surface area contributed by atoms with Crippen LogP contribution >= 0.6 is 0 Å². The molecule has 182 valence electrons. The van der Waals surface area contributed by atoms with Crippen molar-refractivity contribution in [3.05, 3.63) is 76.3 Å². The predicted molar refractivity (Wildman–Crippen MR) is 134 cm³/mol. The van der Waals surface area contributed by atoms with Crippen LogP contribution in [0, 0.1) is 5.92 Å². The van der Waals surface area contributed by atoms with E-state index < -0.39 is 5.54 Å². The smallest absolute Gasteiger partial charge is 0.322 e. The van der Waals surface area contributed by atoms with Crippen LogP contribution in [0.15, 0.2) is 59.5 Å². The van der Waals surface area contributed by atoms with E-state index in [4.69, 9.17) is 0 Å². The summed E-state index contributed by atoms with van der Waals surface area (Å²) in [5.74, 6) is 0.115. The summed E-state index contributed by atoms with van der Waals surface area (Å²) in [4.78, 5) is 52.4. The molecule has 5 rings (SSSR count). The third kappa shape index (κ3) is 4.34. The van der Waals surface area contributed by atoms with E-state index in [0.29, 0.717) is 50.3 Å². The van der Waals surface area contributed by atoms with Gasteiger partial charge >= 0.3 is 6.03 Å². The van der Waals surface area contributed by atoms with E-state index in [-0.39, 0.29) is 30.0 Å². The van der Waals surface area contributed by atoms with Crippen molar-refractivity contribution in [3.63, 3.8) is 0 Å². The first kappa shape index (κ1) is 23.2. The van der Waals surface area contributed by atoms with Gasteiger partial charge in [-0.1, -0.05) is 38.1 Å². The number of pyridine rings is 2. The largest absolute Gasteiger partial charge is 0.328 e. The highest BCUT2D eigenvalue weighted by molar-refractivity contribution is 6.07. The molecule has 2 aromatic heterocycles. The Balaban J connectivity index is 1.35. The molecule has 0 atom stereocenters. The van der Waals surface area contributed by atoms with Crippen LogP contribution in [0.2, 0.25) is 0 Å².